The molecule has 4 nitrogen and oxygen atoms in total. The minimum atomic E-state index is -0.428. The lowest BCUT2D eigenvalue weighted by Crippen LogP contribution is -2.22. The highest BCUT2D eigenvalue weighted by Crippen LogP contribution is 1.94. The molecule has 4 heteroatoms. The van der Waals surface area contributed by atoms with Crippen molar-refractivity contribution in [3.63, 3.8) is 0 Å². The molecule has 0 aromatic carbocycles. The third kappa shape index (κ3) is 5.53. The molecule has 0 aliphatic heterocycles. The molecule has 0 aromatic rings. The van der Waals surface area contributed by atoms with Gasteiger partial charge in [0, 0.05) is 6.42 Å². The maximum Gasteiger partial charge on any atom is 0.243 e. The van der Waals surface area contributed by atoms with E-state index in [1.54, 1.807) is 6.92 Å². The third-order valence-electron chi connectivity index (χ3n) is 1.01. The Hall–Kier alpha value is -0.610. The Kier molecular flexibility index (Phi) is 4.88. The molecular formula is C6H13NO3. The molecule has 0 aliphatic rings. The second kappa shape index (κ2) is 5.20. The number of amides is 1. The highest BCUT2D eigenvalue weighted by molar-refractivity contribution is 5.74. The van der Waals surface area contributed by atoms with Crippen molar-refractivity contribution < 1.29 is 14.7 Å². The normalized spacial score (nSPS) is 12.7. The van der Waals surface area contributed by atoms with Gasteiger partial charge in [-0.25, -0.2) is 5.48 Å². The molecule has 0 spiro atoms. The molecule has 0 aliphatic carbocycles. The summed E-state index contributed by atoms with van der Waals surface area (Å²) in [4.78, 5) is 15.0. The molecule has 0 rings (SSSR count). The Morgan fingerprint density at radius 3 is 2.80 bits per heavy atom. The highest BCUT2D eigenvalue weighted by Gasteiger charge is 2.01. The molecule has 1 amide bonds. The minimum Gasteiger partial charge on any atom is -0.393 e. The van der Waals surface area contributed by atoms with Crippen molar-refractivity contribution in [3.05, 3.63) is 0 Å². The van der Waals surface area contributed by atoms with Gasteiger partial charge in [0.2, 0.25) is 5.91 Å². The SMILES string of the molecule is CONC(=O)CCC(C)O. The standard InChI is InChI=1S/C6H13NO3/c1-5(8)3-4-6(9)7-10-2/h5,8H,3-4H2,1-2H3,(H,7,9). The van der Waals surface area contributed by atoms with Crippen molar-refractivity contribution in [2.45, 2.75) is 25.9 Å². The maximum atomic E-state index is 10.6. The summed E-state index contributed by atoms with van der Waals surface area (Å²) in [5.74, 6) is -0.205. The molecule has 2 N–H and O–H groups in total. The Balaban J connectivity index is 3.22. The zero-order valence-electron chi connectivity index (χ0n) is 6.26. The van der Waals surface area contributed by atoms with Crippen LogP contribution in [0.3, 0.4) is 0 Å². The van der Waals surface area contributed by atoms with Crippen LogP contribution in [-0.2, 0) is 9.63 Å². The van der Waals surface area contributed by atoms with Gasteiger partial charge in [0.25, 0.3) is 0 Å². The van der Waals surface area contributed by atoms with Crippen molar-refractivity contribution >= 4 is 5.91 Å². The predicted octanol–water partition coefficient (Wildman–Crippen LogP) is -0.175. The van der Waals surface area contributed by atoms with Crippen LogP contribution in [0.5, 0.6) is 0 Å². The van der Waals surface area contributed by atoms with Crippen molar-refractivity contribution in [3.8, 4) is 0 Å². The Labute approximate surface area is 60.1 Å². The number of aliphatic hydroxyl groups excluding tert-OH is 1. The molecular weight excluding hydrogens is 134 g/mol. The van der Waals surface area contributed by atoms with Crippen LogP contribution >= 0.6 is 0 Å². The van der Waals surface area contributed by atoms with Crippen LogP contribution in [0.2, 0.25) is 0 Å². The summed E-state index contributed by atoms with van der Waals surface area (Å²) in [5, 5.41) is 8.75. The van der Waals surface area contributed by atoms with Gasteiger partial charge in [0.05, 0.1) is 13.2 Å². The fourth-order valence-electron chi connectivity index (χ4n) is 0.505. The maximum absolute atomic E-state index is 10.6. The van der Waals surface area contributed by atoms with Crippen LogP contribution < -0.4 is 5.48 Å². The number of nitrogens with one attached hydrogen (secondary N) is 1. The van der Waals surface area contributed by atoms with Gasteiger partial charge in [-0.05, 0) is 13.3 Å². The summed E-state index contributed by atoms with van der Waals surface area (Å²) in [6, 6.07) is 0. The van der Waals surface area contributed by atoms with Gasteiger partial charge < -0.3 is 5.11 Å². The second-order valence-electron chi connectivity index (χ2n) is 2.12. The van der Waals surface area contributed by atoms with E-state index in [2.05, 4.69) is 10.3 Å². The lowest BCUT2D eigenvalue weighted by Gasteiger charge is -2.02. The number of carbonyl (C=O) groups excluding carboxylic acids is 1. The van der Waals surface area contributed by atoms with Crippen LogP contribution in [0.4, 0.5) is 0 Å². The quantitative estimate of drug-likeness (QED) is 0.542. The number of hydroxylamine groups is 1. The number of rotatable bonds is 4. The van der Waals surface area contributed by atoms with Gasteiger partial charge in [0.15, 0.2) is 0 Å². The van der Waals surface area contributed by atoms with Gasteiger partial charge in [-0.15, -0.1) is 0 Å². The number of aliphatic hydroxyl groups is 1. The van der Waals surface area contributed by atoms with Gasteiger partial charge >= 0.3 is 0 Å². The first kappa shape index (κ1) is 9.39. The summed E-state index contributed by atoms with van der Waals surface area (Å²) in [5.41, 5.74) is 2.15. The molecule has 0 heterocycles. The Bertz CT molecular complexity index is 103. The van der Waals surface area contributed by atoms with Crippen molar-refractivity contribution in [1.82, 2.24) is 5.48 Å². The molecule has 0 saturated heterocycles. The van der Waals surface area contributed by atoms with Gasteiger partial charge in [-0.3, -0.25) is 9.63 Å². The zero-order chi connectivity index (χ0) is 7.98. The van der Waals surface area contributed by atoms with Crippen LogP contribution in [0.15, 0.2) is 0 Å². The lowest BCUT2D eigenvalue weighted by molar-refractivity contribution is -0.131. The minimum absolute atomic E-state index is 0.205. The van der Waals surface area contributed by atoms with Gasteiger partial charge in [0.1, 0.15) is 0 Å². The van der Waals surface area contributed by atoms with Crippen LogP contribution in [0.25, 0.3) is 0 Å². The molecule has 1 unspecified atom stereocenters. The number of hydrogen-bond acceptors (Lipinski definition) is 3. The monoisotopic (exact) mass is 147 g/mol. The molecule has 0 saturated carbocycles. The number of hydrogen-bond donors (Lipinski definition) is 2. The fraction of sp³-hybridized carbons (Fsp3) is 0.833. The van der Waals surface area contributed by atoms with E-state index in [1.165, 1.54) is 7.11 Å². The van der Waals surface area contributed by atoms with Crippen LogP contribution in [0.1, 0.15) is 19.8 Å². The average Bonchev–Trinajstić information content (AvgIpc) is 1.85. The summed E-state index contributed by atoms with van der Waals surface area (Å²) < 4.78 is 0. The molecule has 1 atom stereocenters. The second-order valence-corrected chi connectivity index (χ2v) is 2.12. The molecule has 0 bridgehead atoms. The first-order chi connectivity index (χ1) is 4.66. The first-order valence-corrected chi connectivity index (χ1v) is 3.16. The molecule has 0 fully saturated rings. The molecule has 60 valence electrons. The van der Waals surface area contributed by atoms with Crippen LogP contribution in [0, 0.1) is 0 Å². The van der Waals surface area contributed by atoms with E-state index in [1.807, 2.05) is 0 Å². The van der Waals surface area contributed by atoms with Crippen molar-refractivity contribution in [1.29, 1.82) is 0 Å². The van der Waals surface area contributed by atoms with E-state index in [9.17, 15) is 4.79 Å². The largest absolute Gasteiger partial charge is 0.393 e. The summed E-state index contributed by atoms with van der Waals surface area (Å²) in [6.45, 7) is 1.64. The molecule has 0 radical (unpaired) electrons. The van der Waals surface area contributed by atoms with E-state index in [-0.39, 0.29) is 5.91 Å². The summed E-state index contributed by atoms with van der Waals surface area (Å²) >= 11 is 0. The lowest BCUT2D eigenvalue weighted by atomic mass is 10.2. The Morgan fingerprint density at radius 2 is 2.40 bits per heavy atom. The van der Waals surface area contributed by atoms with Gasteiger partial charge in [-0.1, -0.05) is 0 Å². The summed E-state index contributed by atoms with van der Waals surface area (Å²) in [7, 11) is 1.38. The van der Waals surface area contributed by atoms with E-state index in [0.717, 1.165) is 0 Å². The predicted molar refractivity (Wildman–Crippen MR) is 36.1 cm³/mol. The third-order valence-corrected chi connectivity index (χ3v) is 1.01. The van der Waals surface area contributed by atoms with E-state index in [4.69, 9.17) is 5.11 Å². The smallest absolute Gasteiger partial charge is 0.243 e. The average molecular weight is 147 g/mol. The molecule has 0 aromatic heterocycles. The van der Waals surface area contributed by atoms with E-state index in [0.29, 0.717) is 12.8 Å². The van der Waals surface area contributed by atoms with Crippen molar-refractivity contribution in [2.75, 3.05) is 7.11 Å². The zero-order valence-corrected chi connectivity index (χ0v) is 6.26. The first-order valence-electron chi connectivity index (χ1n) is 3.16. The topological polar surface area (TPSA) is 58.6 Å². The Morgan fingerprint density at radius 1 is 1.80 bits per heavy atom. The number of carbonyl (C=O) groups is 1. The van der Waals surface area contributed by atoms with E-state index >= 15 is 0 Å². The molecule has 10 heavy (non-hydrogen) atoms. The van der Waals surface area contributed by atoms with E-state index < -0.39 is 6.10 Å². The highest BCUT2D eigenvalue weighted by atomic mass is 16.6. The fourth-order valence-corrected chi connectivity index (χ4v) is 0.505. The van der Waals surface area contributed by atoms with Gasteiger partial charge in [-0.2, -0.15) is 0 Å². The summed E-state index contributed by atoms with van der Waals surface area (Å²) in [6.07, 6.45) is 0.336. The van der Waals surface area contributed by atoms with Crippen LogP contribution in [-0.4, -0.2) is 24.2 Å². The van der Waals surface area contributed by atoms with Crippen molar-refractivity contribution in [2.24, 2.45) is 0 Å².